The van der Waals surface area contributed by atoms with E-state index in [0.717, 1.165) is 6.07 Å². The number of hydrogen-bond donors (Lipinski definition) is 0. The van der Waals surface area contributed by atoms with E-state index in [0.29, 0.717) is 10.8 Å². The van der Waals surface area contributed by atoms with Crippen LogP contribution in [0, 0.1) is 15.9 Å². The molecule has 5 nitrogen and oxygen atoms in total. The van der Waals surface area contributed by atoms with Gasteiger partial charge in [-0.3, -0.25) is 10.1 Å². The highest BCUT2D eigenvalue weighted by Gasteiger charge is 2.12. The summed E-state index contributed by atoms with van der Waals surface area (Å²) >= 11 is 0. The molecule has 0 aliphatic heterocycles. The average molecular weight is 259 g/mol. The second-order valence-electron chi connectivity index (χ2n) is 4.02. The van der Waals surface area contributed by atoms with Crippen LogP contribution in [0.4, 0.5) is 10.1 Å². The molecule has 2 aromatic carbocycles. The molecule has 0 saturated carbocycles. The Bertz CT molecular complexity index is 885. The summed E-state index contributed by atoms with van der Waals surface area (Å²) in [7, 11) is 0. The third-order valence-electron chi connectivity index (χ3n) is 2.87. The quantitative estimate of drug-likeness (QED) is 0.291. The number of benzene rings is 2. The fourth-order valence-corrected chi connectivity index (χ4v) is 2.01. The van der Waals surface area contributed by atoms with E-state index < -0.39 is 16.4 Å². The van der Waals surface area contributed by atoms with Gasteiger partial charge >= 0.3 is 5.63 Å². The van der Waals surface area contributed by atoms with E-state index in [2.05, 4.69) is 0 Å². The molecule has 0 spiro atoms. The molecule has 0 radical (unpaired) electrons. The van der Waals surface area contributed by atoms with Gasteiger partial charge in [-0.15, -0.1) is 0 Å². The molecule has 94 valence electrons. The van der Waals surface area contributed by atoms with Gasteiger partial charge in [0.25, 0.3) is 5.69 Å². The maximum absolute atomic E-state index is 13.2. The first-order valence-electron chi connectivity index (χ1n) is 5.37. The Labute approximate surface area is 105 Å². The summed E-state index contributed by atoms with van der Waals surface area (Å²) in [5, 5.41) is 11.6. The first-order chi connectivity index (χ1) is 9.06. The highest BCUT2D eigenvalue weighted by atomic mass is 19.1. The van der Waals surface area contributed by atoms with Crippen molar-refractivity contribution in [2.45, 2.75) is 0 Å². The SMILES string of the molecule is O=c1oc2ccc(F)cc2c2ccc([N+](=O)[O-])cc12. The molecule has 19 heavy (non-hydrogen) atoms. The number of hydrogen-bond acceptors (Lipinski definition) is 4. The Hall–Kier alpha value is -2.76. The summed E-state index contributed by atoms with van der Waals surface area (Å²) in [5.41, 5.74) is -0.652. The van der Waals surface area contributed by atoms with Gasteiger partial charge in [-0.1, -0.05) is 0 Å². The highest BCUT2D eigenvalue weighted by Crippen LogP contribution is 2.26. The van der Waals surface area contributed by atoms with Crippen molar-refractivity contribution >= 4 is 27.4 Å². The number of rotatable bonds is 1. The predicted molar refractivity (Wildman–Crippen MR) is 66.6 cm³/mol. The molecular formula is C13H6FNO4. The van der Waals surface area contributed by atoms with Gasteiger partial charge in [0, 0.05) is 22.9 Å². The van der Waals surface area contributed by atoms with Gasteiger partial charge in [0.1, 0.15) is 11.4 Å². The summed E-state index contributed by atoms with van der Waals surface area (Å²) in [6.45, 7) is 0. The van der Waals surface area contributed by atoms with Crippen molar-refractivity contribution in [1.29, 1.82) is 0 Å². The minimum Gasteiger partial charge on any atom is -0.422 e. The fourth-order valence-electron chi connectivity index (χ4n) is 2.01. The molecule has 0 N–H and O–H groups in total. The third-order valence-corrected chi connectivity index (χ3v) is 2.87. The number of nitro groups is 1. The zero-order valence-corrected chi connectivity index (χ0v) is 9.42. The number of nitrogens with zero attached hydrogens (tertiary/aromatic N) is 1. The van der Waals surface area contributed by atoms with E-state index in [4.69, 9.17) is 4.42 Å². The molecule has 0 fully saturated rings. The standard InChI is InChI=1S/C13H6FNO4/c14-7-1-4-12-10(5-7)9-3-2-8(15(17)18)6-11(9)13(16)19-12/h1-6H. The van der Waals surface area contributed by atoms with Crippen molar-refractivity contribution in [3.8, 4) is 0 Å². The third kappa shape index (κ3) is 1.74. The zero-order chi connectivity index (χ0) is 13.6. The molecule has 3 rings (SSSR count). The van der Waals surface area contributed by atoms with E-state index in [9.17, 15) is 19.3 Å². The summed E-state index contributed by atoms with van der Waals surface area (Å²) in [5.74, 6) is -0.471. The lowest BCUT2D eigenvalue weighted by atomic mass is 10.1. The van der Waals surface area contributed by atoms with Gasteiger partial charge in [-0.05, 0) is 24.3 Å². The van der Waals surface area contributed by atoms with Crippen LogP contribution in [-0.2, 0) is 0 Å². The van der Waals surface area contributed by atoms with Crippen LogP contribution in [0.2, 0.25) is 0 Å². The molecule has 0 amide bonds. The van der Waals surface area contributed by atoms with Gasteiger partial charge in [0.05, 0.1) is 10.3 Å². The first-order valence-corrected chi connectivity index (χ1v) is 5.37. The average Bonchev–Trinajstić information content (AvgIpc) is 2.39. The molecular weight excluding hydrogens is 253 g/mol. The smallest absolute Gasteiger partial charge is 0.344 e. The van der Waals surface area contributed by atoms with Gasteiger partial charge in [-0.25, -0.2) is 9.18 Å². The predicted octanol–water partition coefficient (Wildman–Crippen LogP) is 2.99. The van der Waals surface area contributed by atoms with Crippen molar-refractivity contribution in [3.05, 3.63) is 62.7 Å². The number of fused-ring (bicyclic) bond motifs is 3. The van der Waals surface area contributed by atoms with Crippen molar-refractivity contribution in [2.24, 2.45) is 0 Å². The van der Waals surface area contributed by atoms with Crippen LogP contribution in [0.25, 0.3) is 21.7 Å². The lowest BCUT2D eigenvalue weighted by molar-refractivity contribution is -0.384. The molecule has 6 heteroatoms. The molecule has 0 saturated heterocycles. The van der Waals surface area contributed by atoms with Gasteiger partial charge in [-0.2, -0.15) is 0 Å². The highest BCUT2D eigenvalue weighted by molar-refractivity contribution is 6.04. The molecule has 0 bridgehead atoms. The molecule has 3 aromatic rings. The summed E-state index contributed by atoms with van der Waals surface area (Å²) in [6.07, 6.45) is 0. The Morgan fingerprint density at radius 2 is 1.84 bits per heavy atom. The normalized spacial score (nSPS) is 11.0. The van der Waals surface area contributed by atoms with Crippen LogP contribution >= 0.6 is 0 Å². The van der Waals surface area contributed by atoms with Crippen LogP contribution in [0.5, 0.6) is 0 Å². The summed E-state index contributed by atoms with van der Waals surface area (Å²) in [6, 6.07) is 7.59. The lowest BCUT2D eigenvalue weighted by Crippen LogP contribution is -2.01. The molecule has 1 aromatic heterocycles. The topological polar surface area (TPSA) is 73.3 Å². The van der Waals surface area contributed by atoms with E-state index in [1.165, 1.54) is 30.3 Å². The van der Waals surface area contributed by atoms with Crippen molar-refractivity contribution in [1.82, 2.24) is 0 Å². The Kier molecular flexibility index (Phi) is 2.31. The second kappa shape index (κ2) is 3.88. The molecule has 0 aliphatic rings. The Balaban J connectivity index is 2.51. The lowest BCUT2D eigenvalue weighted by Gasteiger charge is -2.02. The van der Waals surface area contributed by atoms with Crippen LogP contribution in [0.3, 0.4) is 0 Å². The maximum Gasteiger partial charge on any atom is 0.344 e. The van der Waals surface area contributed by atoms with Crippen LogP contribution in [0.15, 0.2) is 45.6 Å². The van der Waals surface area contributed by atoms with E-state index in [1.54, 1.807) is 0 Å². The first kappa shape index (κ1) is 11.3. The van der Waals surface area contributed by atoms with E-state index >= 15 is 0 Å². The molecule has 0 atom stereocenters. The van der Waals surface area contributed by atoms with E-state index in [1.807, 2.05) is 0 Å². The van der Waals surface area contributed by atoms with Crippen molar-refractivity contribution in [2.75, 3.05) is 0 Å². The number of halogens is 1. The van der Waals surface area contributed by atoms with Crippen LogP contribution in [0.1, 0.15) is 0 Å². The summed E-state index contributed by atoms with van der Waals surface area (Å²) < 4.78 is 18.3. The van der Waals surface area contributed by atoms with Gasteiger partial charge in [0.2, 0.25) is 0 Å². The number of non-ortho nitro benzene ring substituents is 1. The maximum atomic E-state index is 13.2. The van der Waals surface area contributed by atoms with Crippen LogP contribution < -0.4 is 5.63 Å². The zero-order valence-electron chi connectivity index (χ0n) is 9.42. The van der Waals surface area contributed by atoms with Gasteiger partial charge in [0.15, 0.2) is 0 Å². The van der Waals surface area contributed by atoms with Crippen molar-refractivity contribution in [3.63, 3.8) is 0 Å². The van der Waals surface area contributed by atoms with E-state index in [-0.39, 0.29) is 16.7 Å². The molecule has 0 unspecified atom stereocenters. The van der Waals surface area contributed by atoms with Gasteiger partial charge < -0.3 is 4.42 Å². The Morgan fingerprint density at radius 1 is 1.05 bits per heavy atom. The second-order valence-corrected chi connectivity index (χ2v) is 4.02. The monoisotopic (exact) mass is 259 g/mol. The number of nitro benzene ring substituents is 1. The van der Waals surface area contributed by atoms with Crippen molar-refractivity contribution < 1.29 is 13.7 Å². The van der Waals surface area contributed by atoms with Crippen LogP contribution in [-0.4, -0.2) is 4.92 Å². The largest absolute Gasteiger partial charge is 0.422 e. The molecule has 0 aliphatic carbocycles. The minimum absolute atomic E-state index is 0.0623. The summed E-state index contributed by atoms with van der Waals surface area (Å²) in [4.78, 5) is 21.9. The minimum atomic E-state index is -0.683. The molecule has 1 heterocycles. The fraction of sp³-hybridized carbons (Fsp3) is 0. The Morgan fingerprint density at radius 3 is 2.58 bits per heavy atom.